The smallest absolute Gasteiger partial charge is 0.320 e. The zero-order valence-corrected chi connectivity index (χ0v) is 7.76. The minimum Gasteiger partial charge on any atom is -0.359 e. The molecule has 72 valence electrons. The monoisotopic (exact) mass is 183 g/mol. The molecule has 0 aliphatic carbocycles. The second-order valence-corrected chi connectivity index (χ2v) is 2.63. The number of hydrogen-bond acceptors (Lipinski definition) is 3. The molecule has 0 aliphatic rings. The minimum atomic E-state index is -0.295. The van der Waals surface area contributed by atoms with Crippen LogP contribution < -0.4 is 10.6 Å². The maximum atomic E-state index is 10.8. The van der Waals surface area contributed by atoms with Gasteiger partial charge in [0.2, 0.25) is 0 Å². The Hall–Kier alpha value is -1.52. The average molecular weight is 183 g/mol. The van der Waals surface area contributed by atoms with Crippen molar-refractivity contribution < 1.29 is 9.32 Å². The van der Waals surface area contributed by atoms with Crippen molar-refractivity contribution in [2.45, 2.75) is 19.8 Å². The quantitative estimate of drug-likeness (QED) is 0.743. The Morgan fingerprint density at radius 1 is 1.69 bits per heavy atom. The Balaban J connectivity index is 2.53. The van der Waals surface area contributed by atoms with Gasteiger partial charge in [0, 0.05) is 19.5 Å². The third kappa shape index (κ3) is 2.77. The fraction of sp³-hybridized carbons (Fsp3) is 0.500. The van der Waals surface area contributed by atoms with E-state index in [0.717, 1.165) is 18.6 Å². The molecular formula is C8H13N3O2. The van der Waals surface area contributed by atoms with E-state index in [-0.39, 0.29) is 6.03 Å². The lowest BCUT2D eigenvalue weighted by Gasteiger charge is -1.96. The number of carbonyl (C=O) groups is 1. The molecule has 0 aromatic carbocycles. The maximum Gasteiger partial charge on any atom is 0.320 e. The SMILES string of the molecule is CCCc1cc(NC(=O)NC)no1. The molecule has 1 aromatic heterocycles. The average Bonchev–Trinajstić information content (AvgIpc) is 2.53. The first kappa shape index (κ1) is 9.57. The van der Waals surface area contributed by atoms with Gasteiger partial charge in [-0.25, -0.2) is 4.79 Å². The van der Waals surface area contributed by atoms with E-state index >= 15 is 0 Å². The van der Waals surface area contributed by atoms with Crippen LogP contribution in [0.3, 0.4) is 0 Å². The van der Waals surface area contributed by atoms with Gasteiger partial charge in [0.05, 0.1) is 0 Å². The molecule has 5 nitrogen and oxygen atoms in total. The lowest BCUT2D eigenvalue weighted by Crippen LogP contribution is -2.24. The Bertz CT molecular complexity index is 283. The number of carbonyl (C=O) groups excluding carboxylic acids is 1. The molecular weight excluding hydrogens is 170 g/mol. The van der Waals surface area contributed by atoms with Crippen molar-refractivity contribution in [1.82, 2.24) is 10.5 Å². The Labute approximate surface area is 76.5 Å². The van der Waals surface area contributed by atoms with Crippen LogP contribution in [0.25, 0.3) is 0 Å². The predicted octanol–water partition coefficient (Wildman–Crippen LogP) is 1.38. The van der Waals surface area contributed by atoms with Gasteiger partial charge in [-0.2, -0.15) is 0 Å². The van der Waals surface area contributed by atoms with Crippen LogP contribution in [0.4, 0.5) is 10.6 Å². The summed E-state index contributed by atoms with van der Waals surface area (Å²) in [4.78, 5) is 10.8. The third-order valence-electron chi connectivity index (χ3n) is 1.52. The van der Waals surface area contributed by atoms with Gasteiger partial charge >= 0.3 is 6.03 Å². The van der Waals surface area contributed by atoms with E-state index in [1.54, 1.807) is 13.1 Å². The van der Waals surface area contributed by atoms with E-state index in [1.807, 2.05) is 6.92 Å². The van der Waals surface area contributed by atoms with Gasteiger partial charge in [-0.05, 0) is 6.42 Å². The number of amides is 2. The summed E-state index contributed by atoms with van der Waals surface area (Å²) in [6.45, 7) is 2.05. The summed E-state index contributed by atoms with van der Waals surface area (Å²) in [7, 11) is 1.54. The fourth-order valence-corrected chi connectivity index (χ4v) is 0.915. The van der Waals surface area contributed by atoms with Gasteiger partial charge in [-0.15, -0.1) is 0 Å². The van der Waals surface area contributed by atoms with Crippen LogP contribution in [0.15, 0.2) is 10.6 Å². The van der Waals surface area contributed by atoms with Gasteiger partial charge < -0.3 is 9.84 Å². The van der Waals surface area contributed by atoms with Gasteiger partial charge in [-0.1, -0.05) is 12.1 Å². The maximum absolute atomic E-state index is 10.8. The Kier molecular flexibility index (Phi) is 3.31. The Morgan fingerprint density at radius 2 is 2.46 bits per heavy atom. The number of rotatable bonds is 3. The van der Waals surface area contributed by atoms with E-state index < -0.39 is 0 Å². The first-order chi connectivity index (χ1) is 6.26. The molecule has 0 bridgehead atoms. The van der Waals surface area contributed by atoms with Crippen LogP contribution in [0, 0.1) is 0 Å². The summed E-state index contributed by atoms with van der Waals surface area (Å²) in [6.07, 6.45) is 1.83. The van der Waals surface area contributed by atoms with Crippen LogP contribution in [0.1, 0.15) is 19.1 Å². The highest BCUT2D eigenvalue weighted by Crippen LogP contribution is 2.09. The van der Waals surface area contributed by atoms with Crippen LogP contribution in [0.5, 0.6) is 0 Å². The molecule has 2 amide bonds. The number of aryl methyl sites for hydroxylation is 1. The van der Waals surface area contributed by atoms with Crippen molar-refractivity contribution in [2.24, 2.45) is 0 Å². The summed E-state index contributed by atoms with van der Waals surface area (Å²) in [6, 6.07) is 1.43. The molecule has 1 aromatic rings. The topological polar surface area (TPSA) is 67.2 Å². The van der Waals surface area contributed by atoms with Crippen LogP contribution in [0.2, 0.25) is 0 Å². The third-order valence-corrected chi connectivity index (χ3v) is 1.52. The van der Waals surface area contributed by atoms with Crippen molar-refractivity contribution in [2.75, 3.05) is 12.4 Å². The molecule has 0 unspecified atom stereocenters. The molecule has 13 heavy (non-hydrogen) atoms. The lowest BCUT2D eigenvalue weighted by atomic mass is 10.3. The molecule has 5 heteroatoms. The predicted molar refractivity (Wildman–Crippen MR) is 48.6 cm³/mol. The number of aromatic nitrogens is 1. The summed E-state index contributed by atoms with van der Waals surface area (Å²) in [5.74, 6) is 1.23. The summed E-state index contributed by atoms with van der Waals surface area (Å²) in [5, 5.41) is 8.61. The number of anilines is 1. The van der Waals surface area contributed by atoms with Gasteiger partial charge in [0.25, 0.3) is 0 Å². The van der Waals surface area contributed by atoms with Crippen molar-refractivity contribution in [1.29, 1.82) is 0 Å². The largest absolute Gasteiger partial charge is 0.359 e. The van der Waals surface area contributed by atoms with Crippen molar-refractivity contribution in [3.63, 3.8) is 0 Å². The molecule has 0 spiro atoms. The van der Waals surface area contributed by atoms with Crippen molar-refractivity contribution in [3.05, 3.63) is 11.8 Å². The zero-order chi connectivity index (χ0) is 9.68. The number of urea groups is 1. The van der Waals surface area contributed by atoms with Gasteiger partial charge in [0.1, 0.15) is 5.76 Å². The highest BCUT2D eigenvalue weighted by molar-refractivity contribution is 5.87. The second kappa shape index (κ2) is 4.49. The molecule has 1 rings (SSSR count). The fourth-order valence-electron chi connectivity index (χ4n) is 0.915. The van der Waals surface area contributed by atoms with E-state index in [2.05, 4.69) is 15.8 Å². The van der Waals surface area contributed by atoms with E-state index in [1.165, 1.54) is 0 Å². The van der Waals surface area contributed by atoms with E-state index in [0.29, 0.717) is 5.82 Å². The molecule has 2 N–H and O–H groups in total. The molecule has 0 radical (unpaired) electrons. The van der Waals surface area contributed by atoms with Crippen LogP contribution in [-0.4, -0.2) is 18.2 Å². The lowest BCUT2D eigenvalue weighted by molar-refractivity contribution is 0.253. The molecule has 0 saturated heterocycles. The van der Waals surface area contributed by atoms with Crippen LogP contribution >= 0.6 is 0 Å². The van der Waals surface area contributed by atoms with Crippen molar-refractivity contribution >= 4 is 11.8 Å². The minimum absolute atomic E-state index is 0.295. The van der Waals surface area contributed by atoms with Gasteiger partial charge in [0.15, 0.2) is 5.82 Å². The zero-order valence-electron chi connectivity index (χ0n) is 7.76. The standard InChI is InChI=1S/C8H13N3O2/c1-3-4-6-5-7(11-13-6)10-8(12)9-2/h5H,3-4H2,1-2H3,(H2,9,10,11,12). The number of nitrogens with one attached hydrogen (secondary N) is 2. The molecule has 1 heterocycles. The number of hydrogen-bond donors (Lipinski definition) is 2. The highest BCUT2D eigenvalue weighted by Gasteiger charge is 2.04. The second-order valence-electron chi connectivity index (χ2n) is 2.63. The first-order valence-corrected chi connectivity index (χ1v) is 4.20. The molecule has 0 atom stereocenters. The summed E-state index contributed by atoms with van der Waals surface area (Å²) in [5.41, 5.74) is 0. The van der Waals surface area contributed by atoms with Crippen LogP contribution in [-0.2, 0) is 6.42 Å². The summed E-state index contributed by atoms with van der Waals surface area (Å²) < 4.78 is 4.96. The molecule has 0 saturated carbocycles. The molecule has 0 fully saturated rings. The van der Waals surface area contributed by atoms with E-state index in [9.17, 15) is 4.79 Å². The van der Waals surface area contributed by atoms with Crippen molar-refractivity contribution in [3.8, 4) is 0 Å². The molecule has 0 aliphatic heterocycles. The summed E-state index contributed by atoms with van der Waals surface area (Å²) >= 11 is 0. The first-order valence-electron chi connectivity index (χ1n) is 4.20. The Morgan fingerprint density at radius 3 is 3.08 bits per heavy atom. The normalized spacial score (nSPS) is 9.69. The van der Waals surface area contributed by atoms with Gasteiger partial charge in [-0.3, -0.25) is 5.32 Å². The van der Waals surface area contributed by atoms with E-state index in [4.69, 9.17) is 4.52 Å². The highest BCUT2D eigenvalue weighted by atomic mass is 16.5. The number of nitrogens with zero attached hydrogens (tertiary/aromatic N) is 1.